The zero-order valence-corrected chi connectivity index (χ0v) is 15.3. The van der Waals surface area contributed by atoms with E-state index in [1.165, 1.54) is 0 Å². The summed E-state index contributed by atoms with van der Waals surface area (Å²) < 4.78 is 11.8. The quantitative estimate of drug-likeness (QED) is 0.892. The predicted molar refractivity (Wildman–Crippen MR) is 100 cm³/mol. The molecule has 6 nitrogen and oxygen atoms in total. The first-order valence-electron chi connectivity index (χ1n) is 8.78. The highest BCUT2D eigenvalue weighted by Crippen LogP contribution is 2.28. The van der Waals surface area contributed by atoms with Crippen LogP contribution in [0.4, 0.5) is 5.82 Å². The number of likely N-dealkylation sites (tertiary alicyclic amines) is 1. The molecule has 26 heavy (non-hydrogen) atoms. The van der Waals surface area contributed by atoms with Crippen molar-refractivity contribution in [3.05, 3.63) is 53.7 Å². The lowest BCUT2D eigenvalue weighted by molar-refractivity contribution is -0.0825. The minimum absolute atomic E-state index is 0.118. The minimum atomic E-state index is -0.535. The molecule has 6 heteroatoms. The van der Waals surface area contributed by atoms with Crippen molar-refractivity contribution in [2.75, 3.05) is 32.5 Å². The lowest BCUT2D eigenvalue weighted by atomic mass is 9.92. The molecule has 1 saturated heterocycles. The molecule has 2 aromatic rings. The Morgan fingerprint density at radius 3 is 2.85 bits per heavy atom. The number of benzene rings is 1. The average Bonchev–Trinajstić information content (AvgIpc) is 2.67. The number of methoxy groups -OCH3 is 1. The molecule has 3 rings (SSSR count). The molecule has 0 saturated carbocycles. The molecule has 1 fully saturated rings. The third kappa shape index (κ3) is 3.80. The number of aromatic nitrogens is 1. The van der Waals surface area contributed by atoms with Gasteiger partial charge in [-0.25, -0.2) is 4.98 Å². The van der Waals surface area contributed by atoms with Crippen molar-refractivity contribution in [2.45, 2.75) is 25.4 Å². The van der Waals surface area contributed by atoms with Gasteiger partial charge in [0.2, 0.25) is 0 Å². The van der Waals surface area contributed by atoms with Gasteiger partial charge in [-0.2, -0.15) is 0 Å². The Morgan fingerprint density at radius 1 is 1.31 bits per heavy atom. The summed E-state index contributed by atoms with van der Waals surface area (Å²) in [6.07, 6.45) is 3.26. The molecule has 0 aliphatic carbocycles. The number of hydrogen-bond donors (Lipinski definition) is 1. The fourth-order valence-electron chi connectivity index (χ4n) is 3.31. The van der Waals surface area contributed by atoms with Crippen LogP contribution in [0.1, 0.15) is 28.8 Å². The molecule has 1 aromatic heterocycles. The van der Waals surface area contributed by atoms with Crippen LogP contribution in [0.25, 0.3) is 0 Å². The third-order valence-electron chi connectivity index (χ3n) is 4.91. The van der Waals surface area contributed by atoms with Gasteiger partial charge in [0.15, 0.2) is 0 Å². The molecule has 2 N–H and O–H groups in total. The molecular formula is C20H25N3O3. The van der Waals surface area contributed by atoms with E-state index in [9.17, 15) is 4.79 Å². The highest BCUT2D eigenvalue weighted by molar-refractivity contribution is 5.98. The maximum Gasteiger partial charge on any atom is 0.257 e. The monoisotopic (exact) mass is 355 g/mol. The fourth-order valence-corrected chi connectivity index (χ4v) is 3.31. The van der Waals surface area contributed by atoms with Crippen LogP contribution in [-0.2, 0) is 4.74 Å². The molecule has 1 aliphatic heterocycles. The van der Waals surface area contributed by atoms with E-state index in [2.05, 4.69) is 4.98 Å². The van der Waals surface area contributed by atoms with Crippen LogP contribution in [-0.4, -0.2) is 48.2 Å². The zero-order chi connectivity index (χ0) is 18.6. The van der Waals surface area contributed by atoms with E-state index in [-0.39, 0.29) is 11.7 Å². The first-order valence-corrected chi connectivity index (χ1v) is 8.78. The van der Waals surface area contributed by atoms with Crippen molar-refractivity contribution >= 4 is 11.7 Å². The summed E-state index contributed by atoms with van der Waals surface area (Å²) in [5.74, 6) is 0.971. The van der Waals surface area contributed by atoms with Gasteiger partial charge in [-0.3, -0.25) is 4.79 Å². The van der Waals surface area contributed by atoms with Crippen molar-refractivity contribution in [3.8, 4) is 5.75 Å². The Morgan fingerprint density at radius 2 is 2.12 bits per heavy atom. The van der Waals surface area contributed by atoms with E-state index >= 15 is 0 Å². The topological polar surface area (TPSA) is 77.7 Å². The van der Waals surface area contributed by atoms with E-state index in [4.69, 9.17) is 15.2 Å². The van der Waals surface area contributed by atoms with E-state index < -0.39 is 5.60 Å². The van der Waals surface area contributed by atoms with Crippen molar-refractivity contribution in [3.63, 3.8) is 0 Å². The van der Waals surface area contributed by atoms with Gasteiger partial charge in [-0.1, -0.05) is 18.2 Å². The van der Waals surface area contributed by atoms with Crippen LogP contribution in [0, 0.1) is 6.92 Å². The Bertz CT molecular complexity index is 780. The van der Waals surface area contributed by atoms with Gasteiger partial charge in [0.1, 0.15) is 23.8 Å². The molecule has 2 heterocycles. The van der Waals surface area contributed by atoms with E-state index in [1.54, 1.807) is 30.3 Å². The lowest BCUT2D eigenvalue weighted by Gasteiger charge is -2.41. The smallest absolute Gasteiger partial charge is 0.257 e. The van der Waals surface area contributed by atoms with Gasteiger partial charge in [0, 0.05) is 19.9 Å². The maximum absolute atomic E-state index is 12.9. The lowest BCUT2D eigenvalue weighted by Crippen LogP contribution is -2.54. The predicted octanol–water partition coefficient (Wildman–Crippen LogP) is 2.67. The highest BCUT2D eigenvalue weighted by atomic mass is 16.5. The highest BCUT2D eigenvalue weighted by Gasteiger charge is 2.39. The molecule has 1 aliphatic rings. The minimum Gasteiger partial charge on any atom is -0.490 e. The number of nitrogens with zero attached hydrogens (tertiary/aromatic N) is 2. The van der Waals surface area contributed by atoms with E-state index in [0.29, 0.717) is 25.3 Å². The molecular weight excluding hydrogens is 330 g/mol. The number of rotatable bonds is 5. The standard InChI is InChI=1S/C20H25N3O3/c1-15-7-3-4-9-17(15)26-14-20(25-2)10-6-12-23(13-20)19(24)16-8-5-11-22-18(16)21/h3-5,7-9,11H,6,10,12-14H2,1-2H3,(H2,21,22). The van der Waals surface area contributed by atoms with Crippen molar-refractivity contribution in [2.24, 2.45) is 0 Å². The molecule has 0 bridgehead atoms. The summed E-state index contributed by atoms with van der Waals surface area (Å²) in [5, 5.41) is 0. The second kappa shape index (κ2) is 7.74. The van der Waals surface area contributed by atoms with Crippen LogP contribution in [0.5, 0.6) is 5.75 Å². The number of hydrogen-bond acceptors (Lipinski definition) is 5. The second-order valence-electron chi connectivity index (χ2n) is 6.71. The summed E-state index contributed by atoms with van der Waals surface area (Å²) in [5.41, 5.74) is 6.83. The number of carbonyl (C=O) groups is 1. The van der Waals surface area contributed by atoms with Crippen LogP contribution in [0.3, 0.4) is 0 Å². The van der Waals surface area contributed by atoms with Crippen LogP contribution < -0.4 is 10.5 Å². The number of piperidine rings is 1. The number of pyridine rings is 1. The SMILES string of the molecule is COC1(COc2ccccc2C)CCCN(C(=O)c2cccnc2N)C1. The molecule has 1 aromatic carbocycles. The Kier molecular flexibility index (Phi) is 5.42. The summed E-state index contributed by atoms with van der Waals surface area (Å²) >= 11 is 0. The van der Waals surface area contributed by atoms with Gasteiger partial charge >= 0.3 is 0 Å². The maximum atomic E-state index is 12.9. The molecule has 1 unspecified atom stereocenters. The number of aryl methyl sites for hydroxylation is 1. The Hall–Kier alpha value is -2.60. The number of para-hydroxylation sites is 1. The zero-order valence-electron chi connectivity index (χ0n) is 15.3. The van der Waals surface area contributed by atoms with Crippen LogP contribution in [0.15, 0.2) is 42.6 Å². The van der Waals surface area contributed by atoms with Gasteiger partial charge < -0.3 is 20.1 Å². The van der Waals surface area contributed by atoms with Crippen LogP contribution in [0.2, 0.25) is 0 Å². The Labute approximate surface area is 153 Å². The summed E-state index contributed by atoms with van der Waals surface area (Å²) in [7, 11) is 1.67. The van der Waals surface area contributed by atoms with E-state index in [0.717, 1.165) is 24.2 Å². The first-order chi connectivity index (χ1) is 12.5. The first kappa shape index (κ1) is 18.2. The largest absolute Gasteiger partial charge is 0.490 e. The number of carbonyl (C=O) groups excluding carboxylic acids is 1. The average molecular weight is 355 g/mol. The van der Waals surface area contributed by atoms with Crippen molar-refractivity contribution in [1.29, 1.82) is 0 Å². The van der Waals surface area contributed by atoms with Gasteiger partial charge in [0.25, 0.3) is 5.91 Å². The number of amides is 1. The normalized spacial score (nSPS) is 20.0. The van der Waals surface area contributed by atoms with Crippen molar-refractivity contribution in [1.82, 2.24) is 9.88 Å². The van der Waals surface area contributed by atoms with Gasteiger partial charge in [-0.15, -0.1) is 0 Å². The number of nitrogens with two attached hydrogens (primary N) is 1. The molecule has 138 valence electrons. The summed E-state index contributed by atoms with van der Waals surface area (Å²) in [6, 6.07) is 11.3. The molecule has 1 amide bonds. The fraction of sp³-hybridized carbons (Fsp3) is 0.400. The Balaban J connectivity index is 1.73. The van der Waals surface area contributed by atoms with Gasteiger partial charge in [-0.05, 0) is 43.5 Å². The number of nitrogen functional groups attached to an aromatic ring is 1. The molecule has 1 atom stereocenters. The van der Waals surface area contributed by atoms with Gasteiger partial charge in [0.05, 0.1) is 12.1 Å². The molecule has 0 spiro atoms. The van der Waals surface area contributed by atoms with Crippen molar-refractivity contribution < 1.29 is 14.3 Å². The number of ether oxygens (including phenoxy) is 2. The molecule has 0 radical (unpaired) electrons. The second-order valence-corrected chi connectivity index (χ2v) is 6.71. The van der Waals surface area contributed by atoms with Crippen LogP contribution >= 0.6 is 0 Å². The summed E-state index contributed by atoms with van der Waals surface area (Å²) in [6.45, 7) is 3.53. The number of anilines is 1. The third-order valence-corrected chi connectivity index (χ3v) is 4.91. The summed E-state index contributed by atoms with van der Waals surface area (Å²) in [4.78, 5) is 18.7. The van der Waals surface area contributed by atoms with E-state index in [1.807, 2.05) is 31.2 Å².